The number of hydrogen-bond donors (Lipinski definition) is 2. The second-order valence-electron chi connectivity index (χ2n) is 8.03. The van der Waals surface area contributed by atoms with E-state index in [2.05, 4.69) is 15.5 Å². The summed E-state index contributed by atoms with van der Waals surface area (Å²) in [5.41, 5.74) is 2.80. The van der Waals surface area contributed by atoms with Crippen LogP contribution < -0.4 is 10.6 Å². The van der Waals surface area contributed by atoms with Gasteiger partial charge in [0.15, 0.2) is 0 Å². The minimum Gasteiger partial charge on any atom is -0.322 e. The molecule has 2 N–H and O–H groups in total. The van der Waals surface area contributed by atoms with Crippen LogP contribution in [0.4, 0.5) is 0 Å². The number of benzene rings is 1. The lowest BCUT2D eigenvalue weighted by Crippen LogP contribution is -2.62. The molecule has 3 amide bonds. The van der Waals surface area contributed by atoms with Gasteiger partial charge >= 0.3 is 0 Å². The number of amides is 3. The van der Waals surface area contributed by atoms with Crippen molar-refractivity contribution >= 4 is 17.7 Å². The first-order valence-corrected chi connectivity index (χ1v) is 9.84. The summed E-state index contributed by atoms with van der Waals surface area (Å²) in [6.07, 6.45) is 3.13. The molecule has 3 aliphatic heterocycles. The topological polar surface area (TPSA) is 81.8 Å². The summed E-state index contributed by atoms with van der Waals surface area (Å²) in [5.74, 6) is -0.682. The Kier molecular flexibility index (Phi) is 4.02. The van der Waals surface area contributed by atoms with Gasteiger partial charge in [0.1, 0.15) is 6.04 Å². The van der Waals surface area contributed by atoms with Gasteiger partial charge in [-0.2, -0.15) is 0 Å². The Labute approximate surface area is 158 Å². The van der Waals surface area contributed by atoms with E-state index in [-0.39, 0.29) is 24.1 Å². The van der Waals surface area contributed by atoms with Gasteiger partial charge in [-0.05, 0) is 30.4 Å². The summed E-state index contributed by atoms with van der Waals surface area (Å²) in [5, 5.41) is 5.93. The predicted octanol–water partition coefficient (Wildman–Crippen LogP) is 0.384. The molecule has 4 aliphatic rings. The Morgan fingerprint density at radius 2 is 2.00 bits per heavy atom. The maximum absolute atomic E-state index is 13.2. The van der Waals surface area contributed by atoms with Crippen LogP contribution in [0, 0.1) is 0 Å². The third kappa shape index (κ3) is 2.76. The SMILES string of the molecule is O=C1CCC(N2Cc3cccc(CN4CCNC5CCC54)c3C2=O)C(=O)N1. The Morgan fingerprint density at radius 3 is 2.78 bits per heavy atom. The van der Waals surface area contributed by atoms with Crippen LogP contribution in [0.2, 0.25) is 0 Å². The van der Waals surface area contributed by atoms with Gasteiger partial charge in [-0.1, -0.05) is 18.2 Å². The Hall–Kier alpha value is -2.25. The number of fused-ring (bicyclic) bond motifs is 2. The molecule has 1 saturated carbocycles. The molecule has 7 heteroatoms. The zero-order valence-electron chi connectivity index (χ0n) is 15.2. The molecule has 0 spiro atoms. The maximum Gasteiger partial charge on any atom is 0.255 e. The van der Waals surface area contributed by atoms with Gasteiger partial charge in [0.05, 0.1) is 0 Å². The molecular weight excluding hydrogens is 344 g/mol. The van der Waals surface area contributed by atoms with Crippen molar-refractivity contribution in [1.82, 2.24) is 20.4 Å². The normalized spacial score (nSPS) is 30.6. The number of piperazine rings is 1. The molecule has 0 aromatic heterocycles. The third-order valence-electron chi connectivity index (χ3n) is 6.52. The van der Waals surface area contributed by atoms with Crippen molar-refractivity contribution in [1.29, 1.82) is 0 Å². The highest BCUT2D eigenvalue weighted by Gasteiger charge is 2.41. The maximum atomic E-state index is 13.2. The Bertz CT molecular complexity index is 823. The summed E-state index contributed by atoms with van der Waals surface area (Å²) < 4.78 is 0. The third-order valence-corrected chi connectivity index (χ3v) is 6.52. The highest BCUT2D eigenvalue weighted by molar-refractivity contribution is 6.05. The first kappa shape index (κ1) is 16.9. The van der Waals surface area contributed by atoms with Gasteiger partial charge in [-0.3, -0.25) is 24.6 Å². The molecule has 1 aromatic carbocycles. The Balaban J connectivity index is 1.38. The van der Waals surface area contributed by atoms with E-state index in [1.807, 2.05) is 18.2 Å². The van der Waals surface area contributed by atoms with Crippen LogP contribution >= 0.6 is 0 Å². The molecule has 0 bridgehead atoms. The van der Waals surface area contributed by atoms with Gasteiger partial charge in [0, 0.05) is 50.2 Å². The molecule has 27 heavy (non-hydrogen) atoms. The van der Waals surface area contributed by atoms with Crippen molar-refractivity contribution in [3.05, 3.63) is 34.9 Å². The smallest absolute Gasteiger partial charge is 0.255 e. The summed E-state index contributed by atoms with van der Waals surface area (Å²) >= 11 is 0. The molecule has 3 fully saturated rings. The van der Waals surface area contributed by atoms with E-state index >= 15 is 0 Å². The average molecular weight is 368 g/mol. The second kappa shape index (κ2) is 6.42. The fourth-order valence-electron chi connectivity index (χ4n) is 4.95. The molecule has 142 valence electrons. The van der Waals surface area contributed by atoms with Crippen LogP contribution in [-0.2, 0) is 22.7 Å². The van der Waals surface area contributed by atoms with Crippen LogP contribution in [0.3, 0.4) is 0 Å². The summed E-state index contributed by atoms with van der Waals surface area (Å²) in [6.45, 7) is 3.21. The summed E-state index contributed by atoms with van der Waals surface area (Å²) in [7, 11) is 0. The lowest BCUT2D eigenvalue weighted by molar-refractivity contribution is -0.136. The number of hydrogen-bond acceptors (Lipinski definition) is 5. The van der Waals surface area contributed by atoms with E-state index in [1.165, 1.54) is 12.8 Å². The summed E-state index contributed by atoms with van der Waals surface area (Å²) in [6, 6.07) is 6.64. The highest BCUT2D eigenvalue weighted by atomic mass is 16.2. The Morgan fingerprint density at radius 1 is 1.11 bits per heavy atom. The fourth-order valence-corrected chi connectivity index (χ4v) is 4.95. The van der Waals surface area contributed by atoms with Crippen molar-refractivity contribution in [2.45, 2.75) is 56.9 Å². The molecule has 1 aliphatic carbocycles. The fraction of sp³-hybridized carbons (Fsp3) is 0.550. The van der Waals surface area contributed by atoms with Crippen molar-refractivity contribution in [2.24, 2.45) is 0 Å². The monoisotopic (exact) mass is 368 g/mol. The van der Waals surface area contributed by atoms with Crippen molar-refractivity contribution < 1.29 is 14.4 Å². The second-order valence-corrected chi connectivity index (χ2v) is 8.03. The predicted molar refractivity (Wildman–Crippen MR) is 97.7 cm³/mol. The molecular formula is C20H24N4O3. The van der Waals surface area contributed by atoms with Gasteiger partial charge in [-0.15, -0.1) is 0 Å². The van der Waals surface area contributed by atoms with E-state index in [0.29, 0.717) is 25.0 Å². The lowest BCUT2D eigenvalue weighted by Gasteiger charge is -2.49. The molecule has 0 radical (unpaired) electrons. The largest absolute Gasteiger partial charge is 0.322 e. The van der Waals surface area contributed by atoms with Crippen LogP contribution in [0.25, 0.3) is 0 Å². The van der Waals surface area contributed by atoms with Crippen LogP contribution in [0.5, 0.6) is 0 Å². The van der Waals surface area contributed by atoms with E-state index in [4.69, 9.17) is 0 Å². The quantitative estimate of drug-likeness (QED) is 0.754. The number of rotatable bonds is 3. The van der Waals surface area contributed by atoms with Crippen LogP contribution in [-0.4, -0.2) is 58.7 Å². The molecule has 7 nitrogen and oxygen atoms in total. The van der Waals surface area contributed by atoms with Crippen molar-refractivity contribution in [2.75, 3.05) is 13.1 Å². The lowest BCUT2D eigenvalue weighted by atomic mass is 9.83. The zero-order valence-corrected chi connectivity index (χ0v) is 15.2. The van der Waals surface area contributed by atoms with Gasteiger partial charge in [0.25, 0.3) is 5.91 Å². The highest BCUT2D eigenvalue weighted by Crippen LogP contribution is 2.33. The van der Waals surface area contributed by atoms with Gasteiger partial charge in [0.2, 0.25) is 11.8 Å². The van der Waals surface area contributed by atoms with Gasteiger partial charge < -0.3 is 10.2 Å². The number of carbonyl (C=O) groups is 3. The number of piperidine rings is 1. The molecule has 5 rings (SSSR count). The number of imide groups is 1. The van der Waals surface area contributed by atoms with Crippen LogP contribution in [0.15, 0.2) is 18.2 Å². The minimum atomic E-state index is -0.550. The minimum absolute atomic E-state index is 0.0737. The zero-order chi connectivity index (χ0) is 18.5. The molecule has 3 unspecified atom stereocenters. The van der Waals surface area contributed by atoms with E-state index in [1.54, 1.807) is 4.90 Å². The van der Waals surface area contributed by atoms with Crippen molar-refractivity contribution in [3.63, 3.8) is 0 Å². The average Bonchev–Trinajstić information content (AvgIpc) is 2.94. The van der Waals surface area contributed by atoms with Gasteiger partial charge in [-0.25, -0.2) is 0 Å². The first-order valence-electron chi connectivity index (χ1n) is 9.84. The van der Waals surface area contributed by atoms with E-state index in [0.717, 1.165) is 36.3 Å². The number of carbonyl (C=O) groups excluding carboxylic acids is 3. The number of nitrogens with zero attached hydrogens (tertiary/aromatic N) is 2. The van der Waals surface area contributed by atoms with E-state index in [9.17, 15) is 14.4 Å². The number of nitrogens with one attached hydrogen (secondary N) is 2. The first-order chi connectivity index (χ1) is 13.1. The molecule has 3 atom stereocenters. The van der Waals surface area contributed by atoms with Crippen molar-refractivity contribution in [3.8, 4) is 0 Å². The summed E-state index contributed by atoms with van der Waals surface area (Å²) in [4.78, 5) is 41.0. The molecule has 2 saturated heterocycles. The van der Waals surface area contributed by atoms with E-state index < -0.39 is 6.04 Å². The standard InChI is InChI=1S/C20H24N4O3/c25-17-7-6-16(19(26)22-17)24-11-13-3-1-2-12(18(13)20(24)27)10-23-9-8-21-14-4-5-15(14)23/h1-3,14-16,21H,4-11H2,(H,22,25,26). The molecule has 1 aromatic rings. The van der Waals surface area contributed by atoms with Crippen LogP contribution in [0.1, 0.15) is 47.2 Å². The molecule has 3 heterocycles.